The van der Waals surface area contributed by atoms with E-state index in [0.717, 1.165) is 5.56 Å². The first-order chi connectivity index (χ1) is 9.56. The fraction of sp³-hybridized carbons (Fsp3) is 0.188. The molecule has 2 rings (SSSR count). The lowest BCUT2D eigenvalue weighted by Gasteiger charge is -2.15. The zero-order chi connectivity index (χ0) is 14.5. The van der Waals surface area contributed by atoms with E-state index in [4.69, 9.17) is 4.74 Å². The fourth-order valence-corrected chi connectivity index (χ4v) is 1.67. The van der Waals surface area contributed by atoms with Crippen molar-refractivity contribution in [2.45, 2.75) is 20.0 Å². The van der Waals surface area contributed by atoms with Crippen molar-refractivity contribution in [2.24, 2.45) is 0 Å². The van der Waals surface area contributed by atoms with Crippen LogP contribution in [0.3, 0.4) is 0 Å². The predicted molar refractivity (Wildman–Crippen MR) is 76.3 cm³/mol. The Morgan fingerprint density at radius 3 is 2.45 bits per heavy atom. The van der Waals surface area contributed by atoms with Gasteiger partial charge >= 0.3 is 0 Å². The molecule has 2 aromatic rings. The maximum atomic E-state index is 13.4. The molecule has 0 bridgehead atoms. The van der Waals surface area contributed by atoms with E-state index < -0.39 is 11.9 Å². The number of carbonyl (C=O) groups excluding carboxylic acids is 1. The molecule has 3 nitrogen and oxygen atoms in total. The van der Waals surface area contributed by atoms with Crippen LogP contribution in [0.5, 0.6) is 5.75 Å². The molecule has 0 radical (unpaired) electrons. The molecule has 1 N–H and O–H groups in total. The second kappa shape index (κ2) is 6.19. The van der Waals surface area contributed by atoms with Crippen molar-refractivity contribution in [2.75, 3.05) is 5.32 Å². The molecule has 0 spiro atoms. The highest BCUT2D eigenvalue weighted by Gasteiger charge is 2.16. The second-order valence-electron chi connectivity index (χ2n) is 4.55. The Labute approximate surface area is 117 Å². The summed E-state index contributed by atoms with van der Waals surface area (Å²) in [5.74, 6) is -0.737. The van der Waals surface area contributed by atoms with Gasteiger partial charge < -0.3 is 10.1 Å². The standard InChI is InChI=1S/C16H16FNO2/c1-11-7-9-13(10-8-11)18-16(19)12(2)20-15-6-4-3-5-14(15)17/h3-10,12H,1-2H3,(H,18,19)/t12-/m1/s1. The molecule has 0 aliphatic rings. The molecule has 0 fully saturated rings. The summed E-state index contributed by atoms with van der Waals surface area (Å²) in [6.07, 6.45) is -0.784. The van der Waals surface area contributed by atoms with Gasteiger partial charge in [0.15, 0.2) is 17.7 Å². The Morgan fingerprint density at radius 1 is 1.15 bits per heavy atom. The maximum absolute atomic E-state index is 13.4. The second-order valence-corrected chi connectivity index (χ2v) is 4.55. The molecule has 2 aromatic carbocycles. The first-order valence-electron chi connectivity index (χ1n) is 6.35. The summed E-state index contributed by atoms with van der Waals surface area (Å²) in [5, 5.41) is 2.72. The van der Waals surface area contributed by atoms with Gasteiger partial charge in [-0.15, -0.1) is 0 Å². The van der Waals surface area contributed by atoms with Crippen LogP contribution in [0.2, 0.25) is 0 Å². The van der Waals surface area contributed by atoms with Crippen LogP contribution in [0, 0.1) is 12.7 Å². The number of para-hydroxylation sites is 1. The van der Waals surface area contributed by atoms with Gasteiger partial charge in [-0.3, -0.25) is 4.79 Å². The smallest absolute Gasteiger partial charge is 0.265 e. The van der Waals surface area contributed by atoms with Crippen LogP contribution < -0.4 is 10.1 Å². The Balaban J connectivity index is 1.99. The zero-order valence-electron chi connectivity index (χ0n) is 11.4. The molecule has 0 aliphatic carbocycles. The van der Waals surface area contributed by atoms with E-state index in [1.165, 1.54) is 12.1 Å². The lowest BCUT2D eigenvalue weighted by molar-refractivity contribution is -0.122. The van der Waals surface area contributed by atoms with Gasteiger partial charge in [-0.2, -0.15) is 0 Å². The van der Waals surface area contributed by atoms with Crippen molar-refractivity contribution in [1.82, 2.24) is 0 Å². The molecule has 0 aliphatic heterocycles. The molecular weight excluding hydrogens is 257 g/mol. The van der Waals surface area contributed by atoms with E-state index >= 15 is 0 Å². The third-order valence-electron chi connectivity index (χ3n) is 2.83. The van der Waals surface area contributed by atoms with Gasteiger partial charge in [0.1, 0.15) is 0 Å². The molecule has 0 saturated heterocycles. The lowest BCUT2D eigenvalue weighted by atomic mass is 10.2. The van der Waals surface area contributed by atoms with Gasteiger partial charge in [-0.1, -0.05) is 29.8 Å². The summed E-state index contributed by atoms with van der Waals surface area (Å²) in [4.78, 5) is 12.0. The summed E-state index contributed by atoms with van der Waals surface area (Å²) < 4.78 is 18.7. The molecular formula is C16H16FNO2. The Morgan fingerprint density at radius 2 is 1.80 bits per heavy atom. The number of nitrogens with one attached hydrogen (secondary N) is 1. The van der Waals surface area contributed by atoms with Gasteiger partial charge in [0.2, 0.25) is 0 Å². The topological polar surface area (TPSA) is 38.3 Å². The van der Waals surface area contributed by atoms with Gasteiger partial charge in [-0.25, -0.2) is 4.39 Å². The van der Waals surface area contributed by atoms with Crippen LogP contribution >= 0.6 is 0 Å². The largest absolute Gasteiger partial charge is 0.478 e. The van der Waals surface area contributed by atoms with Crippen LogP contribution in [-0.4, -0.2) is 12.0 Å². The van der Waals surface area contributed by atoms with E-state index in [9.17, 15) is 9.18 Å². The number of amides is 1. The molecule has 0 saturated carbocycles. The number of halogens is 1. The number of hydrogen-bond donors (Lipinski definition) is 1. The molecule has 20 heavy (non-hydrogen) atoms. The average molecular weight is 273 g/mol. The number of hydrogen-bond acceptors (Lipinski definition) is 2. The van der Waals surface area contributed by atoms with Crippen molar-refractivity contribution >= 4 is 11.6 Å². The number of carbonyl (C=O) groups is 1. The maximum Gasteiger partial charge on any atom is 0.265 e. The Hall–Kier alpha value is -2.36. The first kappa shape index (κ1) is 14.1. The van der Waals surface area contributed by atoms with Crippen LogP contribution in [0.4, 0.5) is 10.1 Å². The molecule has 1 amide bonds. The lowest BCUT2D eigenvalue weighted by Crippen LogP contribution is -2.30. The van der Waals surface area contributed by atoms with Crippen LogP contribution in [0.1, 0.15) is 12.5 Å². The molecule has 0 aromatic heterocycles. The quantitative estimate of drug-likeness (QED) is 0.925. The molecule has 0 heterocycles. The third kappa shape index (κ3) is 3.57. The SMILES string of the molecule is Cc1ccc(NC(=O)[C@@H](C)Oc2ccccc2F)cc1. The van der Waals surface area contributed by atoms with Crippen LogP contribution in [0.15, 0.2) is 48.5 Å². The number of ether oxygens (including phenoxy) is 1. The highest BCUT2D eigenvalue weighted by Crippen LogP contribution is 2.17. The molecule has 104 valence electrons. The predicted octanol–water partition coefficient (Wildman–Crippen LogP) is 3.54. The van der Waals surface area contributed by atoms with Gasteiger partial charge in [0, 0.05) is 5.69 Å². The minimum Gasteiger partial charge on any atom is -0.478 e. The number of rotatable bonds is 4. The van der Waals surface area contributed by atoms with Gasteiger partial charge in [-0.05, 0) is 38.1 Å². The van der Waals surface area contributed by atoms with Crippen molar-refractivity contribution < 1.29 is 13.9 Å². The van der Waals surface area contributed by atoms with Crippen molar-refractivity contribution in [3.63, 3.8) is 0 Å². The molecule has 1 atom stereocenters. The first-order valence-corrected chi connectivity index (χ1v) is 6.35. The molecule has 4 heteroatoms. The summed E-state index contributed by atoms with van der Waals surface area (Å²) in [5.41, 5.74) is 1.79. The van der Waals surface area contributed by atoms with E-state index in [1.807, 2.05) is 31.2 Å². The highest BCUT2D eigenvalue weighted by atomic mass is 19.1. The summed E-state index contributed by atoms with van der Waals surface area (Å²) in [7, 11) is 0. The third-order valence-corrected chi connectivity index (χ3v) is 2.83. The van der Waals surface area contributed by atoms with Crippen molar-refractivity contribution in [3.8, 4) is 5.75 Å². The van der Waals surface area contributed by atoms with E-state index in [2.05, 4.69) is 5.32 Å². The summed E-state index contributed by atoms with van der Waals surface area (Å²) >= 11 is 0. The van der Waals surface area contributed by atoms with E-state index in [0.29, 0.717) is 5.69 Å². The monoisotopic (exact) mass is 273 g/mol. The minimum absolute atomic E-state index is 0.0686. The Kier molecular flexibility index (Phi) is 4.35. The van der Waals surface area contributed by atoms with Crippen LogP contribution in [-0.2, 0) is 4.79 Å². The number of benzene rings is 2. The summed E-state index contributed by atoms with van der Waals surface area (Å²) in [6, 6.07) is 13.4. The normalized spacial score (nSPS) is 11.8. The van der Waals surface area contributed by atoms with E-state index in [-0.39, 0.29) is 11.7 Å². The van der Waals surface area contributed by atoms with Crippen molar-refractivity contribution in [1.29, 1.82) is 0 Å². The van der Waals surface area contributed by atoms with E-state index in [1.54, 1.807) is 19.1 Å². The van der Waals surface area contributed by atoms with Crippen molar-refractivity contribution in [3.05, 3.63) is 59.9 Å². The van der Waals surface area contributed by atoms with Crippen LogP contribution in [0.25, 0.3) is 0 Å². The number of aryl methyl sites for hydroxylation is 1. The average Bonchev–Trinajstić information content (AvgIpc) is 2.44. The number of anilines is 1. The zero-order valence-corrected chi connectivity index (χ0v) is 11.4. The summed E-state index contributed by atoms with van der Waals surface area (Å²) in [6.45, 7) is 3.55. The minimum atomic E-state index is -0.784. The highest BCUT2D eigenvalue weighted by molar-refractivity contribution is 5.94. The van der Waals surface area contributed by atoms with Gasteiger partial charge in [0.05, 0.1) is 0 Å². The molecule has 0 unspecified atom stereocenters. The fourth-order valence-electron chi connectivity index (χ4n) is 1.67. The van der Waals surface area contributed by atoms with Gasteiger partial charge in [0.25, 0.3) is 5.91 Å². The Bertz CT molecular complexity index is 596.